The highest BCUT2D eigenvalue weighted by molar-refractivity contribution is 5.93. The molecule has 11 heteroatoms. The number of aliphatic hydroxyl groups excluding tert-OH is 2. The van der Waals surface area contributed by atoms with Gasteiger partial charge in [0.2, 0.25) is 17.7 Å². The standard InChI is InChI=1S/C14H24N4O7/c1-7(20)11(18-12(22)8-3-2-4-15-8)13(23)16-5-10(21)17-9(6-19)14(24)25/h7-9,11,15,19-20H,2-6H2,1H3,(H,16,23)(H,17,21)(H,18,22)(H,24,25). The third kappa shape index (κ3) is 6.64. The van der Waals surface area contributed by atoms with E-state index in [2.05, 4.69) is 16.0 Å². The second kappa shape index (κ2) is 9.91. The molecule has 1 aliphatic rings. The molecule has 1 rings (SSSR count). The molecular formula is C14H24N4O7. The number of nitrogens with one attached hydrogen (secondary N) is 4. The molecule has 142 valence electrons. The van der Waals surface area contributed by atoms with Gasteiger partial charge in [-0.05, 0) is 26.3 Å². The number of carbonyl (C=O) groups excluding carboxylic acids is 3. The molecule has 0 radical (unpaired) electrons. The Bertz CT molecular complexity index is 505. The summed E-state index contributed by atoms with van der Waals surface area (Å²) in [6, 6.07) is -3.17. The molecule has 11 nitrogen and oxygen atoms in total. The van der Waals surface area contributed by atoms with Crippen molar-refractivity contribution < 1.29 is 34.5 Å². The van der Waals surface area contributed by atoms with Gasteiger partial charge in [0.1, 0.15) is 12.1 Å². The van der Waals surface area contributed by atoms with Crippen molar-refractivity contribution in [3.05, 3.63) is 0 Å². The number of hydrogen-bond acceptors (Lipinski definition) is 7. The zero-order valence-corrected chi connectivity index (χ0v) is 13.8. The maximum absolute atomic E-state index is 12.1. The summed E-state index contributed by atoms with van der Waals surface area (Å²) in [5.41, 5.74) is 0. The molecule has 4 atom stereocenters. The molecule has 1 aliphatic heterocycles. The maximum atomic E-state index is 12.1. The summed E-state index contributed by atoms with van der Waals surface area (Å²) < 4.78 is 0. The van der Waals surface area contributed by atoms with Gasteiger partial charge in [0.15, 0.2) is 0 Å². The monoisotopic (exact) mass is 360 g/mol. The van der Waals surface area contributed by atoms with Crippen molar-refractivity contribution in [1.82, 2.24) is 21.3 Å². The molecule has 4 unspecified atom stereocenters. The van der Waals surface area contributed by atoms with Crippen LogP contribution in [0.25, 0.3) is 0 Å². The van der Waals surface area contributed by atoms with Crippen LogP contribution in [0.4, 0.5) is 0 Å². The van der Waals surface area contributed by atoms with Gasteiger partial charge in [-0.3, -0.25) is 14.4 Å². The van der Waals surface area contributed by atoms with Gasteiger partial charge < -0.3 is 36.6 Å². The fraction of sp³-hybridized carbons (Fsp3) is 0.714. The molecule has 3 amide bonds. The van der Waals surface area contributed by atoms with Crippen molar-refractivity contribution in [3.8, 4) is 0 Å². The van der Waals surface area contributed by atoms with Crippen molar-refractivity contribution in [1.29, 1.82) is 0 Å². The third-order valence-corrected chi connectivity index (χ3v) is 3.68. The summed E-state index contributed by atoms with van der Waals surface area (Å²) in [6.07, 6.45) is 0.261. The van der Waals surface area contributed by atoms with E-state index >= 15 is 0 Å². The van der Waals surface area contributed by atoms with Gasteiger partial charge in [0.25, 0.3) is 0 Å². The Morgan fingerprint density at radius 2 is 1.92 bits per heavy atom. The molecule has 0 aromatic rings. The SMILES string of the molecule is CC(O)C(NC(=O)C1CCCN1)C(=O)NCC(=O)NC(CO)C(=O)O. The number of aliphatic hydroxyl groups is 2. The minimum Gasteiger partial charge on any atom is -0.480 e. The Morgan fingerprint density at radius 3 is 2.40 bits per heavy atom. The van der Waals surface area contributed by atoms with Gasteiger partial charge >= 0.3 is 5.97 Å². The smallest absolute Gasteiger partial charge is 0.328 e. The molecule has 7 N–H and O–H groups in total. The van der Waals surface area contributed by atoms with Gasteiger partial charge in [-0.2, -0.15) is 0 Å². The van der Waals surface area contributed by atoms with Gasteiger partial charge in [-0.25, -0.2) is 4.79 Å². The van der Waals surface area contributed by atoms with Crippen molar-refractivity contribution >= 4 is 23.7 Å². The summed E-state index contributed by atoms with van der Waals surface area (Å²) in [7, 11) is 0. The zero-order valence-electron chi connectivity index (χ0n) is 13.8. The van der Waals surface area contributed by atoms with Crippen LogP contribution < -0.4 is 21.3 Å². The van der Waals surface area contributed by atoms with E-state index < -0.39 is 61.1 Å². The lowest BCUT2D eigenvalue weighted by molar-refractivity contribution is -0.142. The molecule has 1 fully saturated rings. The van der Waals surface area contributed by atoms with Crippen molar-refractivity contribution in [3.63, 3.8) is 0 Å². The number of aliphatic carboxylic acids is 1. The first-order chi connectivity index (χ1) is 11.8. The molecule has 0 saturated carbocycles. The predicted molar refractivity (Wildman–Crippen MR) is 84.3 cm³/mol. The van der Waals surface area contributed by atoms with Crippen LogP contribution in [0.1, 0.15) is 19.8 Å². The summed E-state index contributed by atoms with van der Waals surface area (Å²) in [4.78, 5) is 46.4. The molecular weight excluding hydrogens is 336 g/mol. The Morgan fingerprint density at radius 1 is 1.24 bits per heavy atom. The summed E-state index contributed by atoms with van der Waals surface area (Å²) in [5.74, 6) is -3.45. The number of hydrogen-bond donors (Lipinski definition) is 7. The molecule has 0 bridgehead atoms. The second-order valence-corrected chi connectivity index (χ2v) is 5.73. The third-order valence-electron chi connectivity index (χ3n) is 3.68. The summed E-state index contributed by atoms with van der Waals surface area (Å²) >= 11 is 0. The summed E-state index contributed by atoms with van der Waals surface area (Å²) in [5, 5.41) is 36.8. The lowest BCUT2D eigenvalue weighted by Gasteiger charge is -2.22. The molecule has 1 saturated heterocycles. The Labute approximate surface area is 144 Å². The fourth-order valence-electron chi connectivity index (χ4n) is 2.28. The van der Waals surface area contributed by atoms with Crippen molar-refractivity contribution in [2.24, 2.45) is 0 Å². The lowest BCUT2D eigenvalue weighted by Crippen LogP contribution is -2.57. The van der Waals surface area contributed by atoms with Crippen LogP contribution >= 0.6 is 0 Å². The molecule has 0 aromatic carbocycles. The number of carbonyl (C=O) groups is 4. The second-order valence-electron chi connectivity index (χ2n) is 5.73. The molecule has 0 aromatic heterocycles. The van der Waals surface area contributed by atoms with Gasteiger partial charge in [-0.15, -0.1) is 0 Å². The van der Waals surface area contributed by atoms with Gasteiger partial charge in [0.05, 0.1) is 25.3 Å². The predicted octanol–water partition coefficient (Wildman–Crippen LogP) is -3.72. The average molecular weight is 360 g/mol. The number of carboxylic acids is 1. The fourth-order valence-corrected chi connectivity index (χ4v) is 2.28. The quantitative estimate of drug-likeness (QED) is 0.219. The topological polar surface area (TPSA) is 177 Å². The highest BCUT2D eigenvalue weighted by Gasteiger charge is 2.30. The largest absolute Gasteiger partial charge is 0.480 e. The van der Waals surface area contributed by atoms with E-state index in [4.69, 9.17) is 10.2 Å². The Hall–Kier alpha value is -2.24. The van der Waals surface area contributed by atoms with E-state index in [9.17, 15) is 24.3 Å². The van der Waals surface area contributed by atoms with Crippen LogP contribution in [0.15, 0.2) is 0 Å². The van der Waals surface area contributed by atoms with E-state index in [1.165, 1.54) is 6.92 Å². The van der Waals surface area contributed by atoms with Crippen LogP contribution in [0.5, 0.6) is 0 Å². The van der Waals surface area contributed by atoms with Crippen LogP contribution in [-0.2, 0) is 19.2 Å². The average Bonchev–Trinajstić information content (AvgIpc) is 3.09. The zero-order chi connectivity index (χ0) is 19.0. The van der Waals surface area contributed by atoms with E-state index in [1.54, 1.807) is 0 Å². The first kappa shape index (κ1) is 20.8. The normalized spacial score (nSPS) is 20.2. The molecule has 25 heavy (non-hydrogen) atoms. The van der Waals surface area contributed by atoms with Crippen LogP contribution in [0.3, 0.4) is 0 Å². The Kier molecular flexibility index (Phi) is 8.25. The number of amides is 3. The van der Waals surface area contributed by atoms with Crippen LogP contribution in [-0.4, -0.2) is 82.9 Å². The highest BCUT2D eigenvalue weighted by atomic mass is 16.4. The van der Waals surface area contributed by atoms with Gasteiger partial charge in [0, 0.05) is 0 Å². The van der Waals surface area contributed by atoms with Gasteiger partial charge in [-0.1, -0.05) is 0 Å². The summed E-state index contributed by atoms with van der Waals surface area (Å²) in [6.45, 7) is 0.650. The minimum atomic E-state index is -1.48. The van der Waals surface area contributed by atoms with E-state index in [0.29, 0.717) is 13.0 Å². The first-order valence-electron chi connectivity index (χ1n) is 7.88. The Balaban J connectivity index is 2.51. The van der Waals surface area contributed by atoms with Crippen LogP contribution in [0.2, 0.25) is 0 Å². The molecule has 1 heterocycles. The maximum Gasteiger partial charge on any atom is 0.328 e. The van der Waals surface area contributed by atoms with E-state index in [1.807, 2.05) is 5.32 Å². The van der Waals surface area contributed by atoms with Crippen molar-refractivity contribution in [2.45, 2.75) is 44.0 Å². The molecule has 0 spiro atoms. The van der Waals surface area contributed by atoms with Crippen LogP contribution in [0, 0.1) is 0 Å². The highest BCUT2D eigenvalue weighted by Crippen LogP contribution is 2.05. The van der Waals surface area contributed by atoms with E-state index in [0.717, 1.165) is 6.42 Å². The molecule has 0 aliphatic carbocycles. The first-order valence-corrected chi connectivity index (χ1v) is 7.88. The van der Waals surface area contributed by atoms with Crippen molar-refractivity contribution in [2.75, 3.05) is 19.7 Å². The number of carboxylic acid groups (broad SMARTS) is 1. The van der Waals surface area contributed by atoms with E-state index in [-0.39, 0.29) is 0 Å². The number of rotatable bonds is 9. The minimum absolute atomic E-state index is 0.422. The lowest BCUT2D eigenvalue weighted by atomic mass is 10.1.